The number of nitrogens with one attached hydrogen (secondary N) is 1. The van der Waals surface area contributed by atoms with Gasteiger partial charge in [0.2, 0.25) is 5.91 Å². The number of ether oxygens (including phenoxy) is 22. The quantitative estimate of drug-likeness (QED) is 0.0270. The molecule has 150 heavy (non-hydrogen) atoms. The number of anilines is 1. The number of benzene rings is 13. The van der Waals surface area contributed by atoms with Gasteiger partial charge in [0.15, 0.2) is 46.0 Å². The van der Waals surface area contributed by atoms with Crippen molar-refractivity contribution in [1.82, 2.24) is 0 Å². The fourth-order valence-electron chi connectivity index (χ4n) is 15.0. The molecule has 0 aromatic heterocycles. The SMILES string of the molecule is CCOc1cc(C(=CC#N)c2ccc(OC)c(NC(C)=O)c2)ccc1OC.COc1cc(OC)cc(C(=CC#N)c2cc(OC)cc(OC)c2)c1.COc1cc(OC)cc(C(=CC#N)c2cc(OC)ccc2OC)c1.COc1cc(OC)cc(C(=CC#N)c2ccc(OC)c(O)c2)c1.COc1cc(OC)cc(C(=CC#N)c2cccc(OC)c2OC)c1.COc1cc(OC)cc(C(=Cc2ccccc2)c2ccc(OC)c(OC)c2)c1. The van der Waals surface area contributed by atoms with Gasteiger partial charge in [-0.25, -0.2) is 0 Å². The van der Waals surface area contributed by atoms with Crippen LogP contribution in [-0.4, -0.2) is 167 Å². The lowest BCUT2D eigenvalue weighted by molar-refractivity contribution is -0.114. The van der Waals surface area contributed by atoms with Gasteiger partial charge in [0.25, 0.3) is 0 Å². The average molecular weight is 2030 g/mol. The van der Waals surface area contributed by atoms with Crippen molar-refractivity contribution in [3.63, 3.8) is 0 Å². The van der Waals surface area contributed by atoms with E-state index in [0.717, 1.165) is 83.8 Å². The van der Waals surface area contributed by atoms with Crippen LogP contribution >= 0.6 is 0 Å². The number of allylic oxidation sites excluding steroid dienone is 5. The van der Waals surface area contributed by atoms with Gasteiger partial charge in [0.05, 0.1) is 192 Å². The number of para-hydroxylation sites is 1. The second-order valence-corrected chi connectivity index (χ2v) is 31.0. The molecule has 0 unspecified atom stereocenters. The number of rotatable bonds is 37. The largest absolute Gasteiger partial charge is 0.504 e. The van der Waals surface area contributed by atoms with Crippen molar-refractivity contribution >= 4 is 51.1 Å². The zero-order valence-electron chi connectivity index (χ0n) is 87.9. The van der Waals surface area contributed by atoms with Gasteiger partial charge in [-0.1, -0.05) is 66.7 Å². The Kier molecular flexibility index (Phi) is 46.6. The summed E-state index contributed by atoms with van der Waals surface area (Å²) < 4.78 is 118. The molecule has 0 spiro atoms. The Balaban J connectivity index is 0.000000219. The molecule has 13 rings (SSSR count). The molecule has 0 atom stereocenters. The zero-order chi connectivity index (χ0) is 109. The Bertz CT molecular complexity index is 6920. The summed E-state index contributed by atoms with van der Waals surface area (Å²) in [6.45, 7) is 3.81. The maximum atomic E-state index is 11.5. The first kappa shape index (κ1) is 116. The molecule has 2 N–H and O–H groups in total. The molecule has 774 valence electrons. The first-order chi connectivity index (χ1) is 72.8. The van der Waals surface area contributed by atoms with Crippen LogP contribution in [0.3, 0.4) is 0 Å². The van der Waals surface area contributed by atoms with E-state index in [4.69, 9.17) is 109 Å². The Labute approximate surface area is 875 Å². The van der Waals surface area contributed by atoms with Crippen molar-refractivity contribution in [2.45, 2.75) is 13.8 Å². The summed E-state index contributed by atoms with van der Waals surface area (Å²) in [4.78, 5) is 11.5. The third-order valence-corrected chi connectivity index (χ3v) is 22.3. The molecular formula is C120H120N6O24. The number of amides is 1. The fraction of sp³-hybridized carbons (Fsp3) is 0.200. The molecule has 13 aromatic rings. The van der Waals surface area contributed by atoms with Gasteiger partial charge in [0, 0.05) is 96.0 Å². The predicted molar refractivity (Wildman–Crippen MR) is 579 cm³/mol. The number of nitrogens with zero attached hydrogens (tertiary/aromatic N) is 5. The Morgan fingerprint density at radius 2 is 0.553 bits per heavy atom. The molecule has 0 aliphatic rings. The van der Waals surface area contributed by atoms with Crippen LogP contribution < -0.4 is 110 Å². The van der Waals surface area contributed by atoms with Gasteiger partial charge in [-0.15, -0.1) is 0 Å². The van der Waals surface area contributed by atoms with Gasteiger partial charge in [-0.2, -0.15) is 26.3 Å². The van der Waals surface area contributed by atoms with Crippen LogP contribution in [-0.2, 0) is 4.79 Å². The van der Waals surface area contributed by atoms with Crippen LogP contribution in [0.15, 0.2) is 279 Å². The molecule has 0 saturated carbocycles. The first-order valence-electron chi connectivity index (χ1n) is 45.8. The minimum Gasteiger partial charge on any atom is -0.504 e. The van der Waals surface area contributed by atoms with Crippen molar-refractivity contribution in [3.05, 3.63) is 351 Å². The van der Waals surface area contributed by atoms with Crippen molar-refractivity contribution in [1.29, 1.82) is 26.3 Å². The average Bonchev–Trinajstić information content (AvgIpc) is 0.838. The summed E-state index contributed by atoms with van der Waals surface area (Å²) in [6, 6.07) is 86.2. The summed E-state index contributed by atoms with van der Waals surface area (Å²) in [5.74, 6) is 13.5. The molecular weight excluding hydrogens is 1910 g/mol. The minimum absolute atomic E-state index is 0.00343. The molecule has 13 aromatic carbocycles. The van der Waals surface area contributed by atoms with Crippen LogP contribution in [0.5, 0.6) is 132 Å². The lowest BCUT2D eigenvalue weighted by atomic mass is 9.95. The molecule has 0 aliphatic heterocycles. The molecule has 0 heterocycles. The Morgan fingerprint density at radius 1 is 0.253 bits per heavy atom. The topological polar surface area (TPSA) is 371 Å². The molecule has 30 heteroatoms. The number of phenolic OH excluding ortho intramolecular Hbond substituents is 1. The normalized spacial score (nSPS) is 10.6. The summed E-state index contributed by atoms with van der Waals surface area (Å²) in [5, 5.41) is 58.8. The van der Waals surface area contributed by atoms with E-state index in [-0.39, 0.29) is 11.7 Å². The second kappa shape index (κ2) is 60.3. The lowest BCUT2D eigenvalue weighted by Crippen LogP contribution is -2.07. The van der Waals surface area contributed by atoms with E-state index < -0.39 is 0 Å². The third-order valence-electron chi connectivity index (χ3n) is 22.3. The van der Waals surface area contributed by atoms with E-state index in [0.29, 0.717) is 161 Å². The van der Waals surface area contributed by atoms with Gasteiger partial charge in [0.1, 0.15) is 86.2 Å². The van der Waals surface area contributed by atoms with E-state index >= 15 is 0 Å². The highest BCUT2D eigenvalue weighted by atomic mass is 16.5. The number of hydrogen-bond donors (Lipinski definition) is 2. The highest BCUT2D eigenvalue weighted by Gasteiger charge is 2.23. The molecule has 1 amide bonds. The monoisotopic (exact) mass is 2030 g/mol. The molecule has 0 fully saturated rings. The maximum absolute atomic E-state index is 11.5. The van der Waals surface area contributed by atoms with E-state index in [9.17, 15) is 30.9 Å². The highest BCUT2D eigenvalue weighted by Crippen LogP contribution is 2.45. The maximum Gasteiger partial charge on any atom is 0.221 e. The Morgan fingerprint density at radius 3 is 0.900 bits per heavy atom. The number of phenols is 1. The summed E-state index contributed by atoms with van der Waals surface area (Å²) in [7, 11) is 33.3. The predicted octanol–water partition coefficient (Wildman–Crippen LogP) is 23.7. The summed E-state index contributed by atoms with van der Waals surface area (Å²) >= 11 is 0. The first-order valence-corrected chi connectivity index (χ1v) is 45.8. The number of hydrogen-bond acceptors (Lipinski definition) is 29. The third kappa shape index (κ3) is 32.1. The molecule has 30 nitrogen and oxygen atoms in total. The van der Waals surface area contributed by atoms with E-state index in [1.165, 1.54) is 51.5 Å². The lowest BCUT2D eigenvalue weighted by Gasteiger charge is -2.16. The van der Waals surface area contributed by atoms with Crippen LogP contribution in [0.4, 0.5) is 5.69 Å². The molecule has 0 saturated heterocycles. The highest BCUT2D eigenvalue weighted by molar-refractivity contribution is 5.95. The van der Waals surface area contributed by atoms with Crippen molar-refractivity contribution < 1.29 is 114 Å². The number of aromatic hydroxyl groups is 1. The number of carbonyl (C=O) groups excluding carboxylic acids is 1. The molecule has 0 bridgehead atoms. The molecule has 0 radical (unpaired) electrons. The van der Waals surface area contributed by atoms with E-state index in [1.807, 2.05) is 153 Å². The summed E-state index contributed by atoms with van der Waals surface area (Å²) in [6.07, 6.45) is 9.40. The van der Waals surface area contributed by atoms with Gasteiger partial charge < -0.3 is 115 Å². The standard InChI is InChI=1S/C24H24O4.C21H22N2O4.3C19H19NO4.C18H17NO4/c1-25-20-13-19(14-21(16-20)26-2)22(12-17-8-6-5-7-9-17)18-10-11-23(27-3)24(15-18)28-4;1-5-27-21-13-16(7-9-20(21)26-4)17(10-11-22)15-6-8-19(25-3)18(12-15)23-14(2)24;1-21-15-7-13(8-16(11-15)22-2)19(5-6-20)14-9-17(23-3)12-18(10-14)24-4;1-21-14-5-6-19(24-4)18(12-14)17(7-8-20)13-9-15(22-2)11-16(10-13)23-3;1-21-14-10-13(11-15(12-14)22-2)16(8-9-20)17-6-5-7-18(23-3)19(17)24-4;1-21-14-8-13(9-15(11-14)22-2)16(6-7-19)12-4-5-18(23-3)17(20)10-12/h5-16H,1-4H3;6-10,12-13H,5H2,1-4H3,(H,23,24);5,7-12H,1-4H3;5-7,9-12H,1-4H3;5-8,10-12H,1-4H3;4-6,8-11,20H,1-3H3. The van der Waals surface area contributed by atoms with Gasteiger partial charge in [-0.05, 0) is 242 Å². The van der Waals surface area contributed by atoms with Gasteiger partial charge in [-0.3, -0.25) is 4.79 Å². The number of nitriles is 5. The smallest absolute Gasteiger partial charge is 0.221 e. The van der Waals surface area contributed by atoms with Crippen molar-refractivity contribution in [2.24, 2.45) is 0 Å². The second-order valence-electron chi connectivity index (χ2n) is 31.0. The van der Waals surface area contributed by atoms with Crippen molar-refractivity contribution in [3.8, 4) is 163 Å². The van der Waals surface area contributed by atoms with Crippen LogP contribution in [0, 0.1) is 56.7 Å². The van der Waals surface area contributed by atoms with Crippen LogP contribution in [0.1, 0.15) is 86.2 Å². The summed E-state index contributed by atoms with van der Waals surface area (Å²) in [5.41, 5.74) is 15.6. The molecule has 0 aliphatic carbocycles. The van der Waals surface area contributed by atoms with E-state index in [2.05, 4.69) is 47.8 Å². The van der Waals surface area contributed by atoms with Crippen LogP contribution in [0.25, 0.3) is 39.5 Å². The number of methoxy groups -OCH3 is 21. The van der Waals surface area contributed by atoms with Gasteiger partial charge >= 0.3 is 0 Å². The van der Waals surface area contributed by atoms with E-state index in [1.54, 1.807) is 232 Å². The minimum atomic E-state index is -0.209. The Hall–Kier alpha value is -19.4. The van der Waals surface area contributed by atoms with Crippen molar-refractivity contribution in [2.75, 3.05) is 161 Å². The zero-order valence-corrected chi connectivity index (χ0v) is 87.9. The fourth-order valence-corrected chi connectivity index (χ4v) is 15.0. The number of carbonyl (C=O) groups is 1. The van der Waals surface area contributed by atoms with Crippen LogP contribution in [0.2, 0.25) is 0 Å².